The lowest BCUT2D eigenvalue weighted by Crippen LogP contribution is -2.31. The molecule has 0 radical (unpaired) electrons. The van der Waals surface area contributed by atoms with Crippen molar-refractivity contribution in [3.05, 3.63) is 11.1 Å². The highest BCUT2D eigenvalue weighted by atomic mass is 32.1. The Kier molecular flexibility index (Phi) is 3.61. The van der Waals surface area contributed by atoms with Crippen LogP contribution in [0.4, 0.5) is 5.13 Å². The minimum atomic E-state index is -0.674. The second-order valence-corrected chi connectivity index (χ2v) is 6.15. The van der Waals surface area contributed by atoms with Gasteiger partial charge in [-0.2, -0.15) is 0 Å². The molecule has 0 amide bonds. The molecule has 1 saturated heterocycles. The van der Waals surface area contributed by atoms with E-state index in [9.17, 15) is 4.79 Å². The third-order valence-electron chi connectivity index (χ3n) is 3.63. The fourth-order valence-electron chi connectivity index (χ4n) is 2.26. The third-order valence-corrected chi connectivity index (χ3v) is 4.50. The number of thiazole rings is 1. The molecule has 2 heterocycles. The average molecular weight is 268 g/mol. The van der Waals surface area contributed by atoms with Crippen LogP contribution in [-0.4, -0.2) is 30.6 Å². The Balaban J connectivity index is 2.22. The topological polar surface area (TPSA) is 42.4 Å². The van der Waals surface area contributed by atoms with Crippen LogP contribution < -0.4 is 4.90 Å². The summed E-state index contributed by atoms with van der Waals surface area (Å²) in [7, 11) is 1.42. The van der Waals surface area contributed by atoms with Crippen molar-refractivity contribution >= 4 is 22.4 Å². The lowest BCUT2D eigenvalue weighted by atomic mass is 9.90. The molecule has 0 aromatic carbocycles. The number of hydrogen-bond acceptors (Lipinski definition) is 5. The summed E-state index contributed by atoms with van der Waals surface area (Å²) < 4.78 is 4.84. The first-order valence-electron chi connectivity index (χ1n) is 6.28. The fourth-order valence-corrected chi connectivity index (χ4v) is 3.38. The van der Waals surface area contributed by atoms with Crippen LogP contribution >= 0.6 is 11.3 Å². The first kappa shape index (κ1) is 13.3. The number of methoxy groups -OCH3 is 1. The Morgan fingerprint density at radius 3 is 2.89 bits per heavy atom. The number of ether oxygens (including phenoxy) is 1. The van der Waals surface area contributed by atoms with Gasteiger partial charge in [0.05, 0.1) is 12.8 Å². The standard InChI is InChI=1S/C13H20N2O2S/c1-9-6-5-7-15(9)12-14-10(8-18-12)13(2,3)11(16)17-4/h8-9H,5-7H2,1-4H3. The van der Waals surface area contributed by atoms with E-state index >= 15 is 0 Å². The molecule has 1 unspecified atom stereocenters. The summed E-state index contributed by atoms with van der Waals surface area (Å²) in [5.41, 5.74) is 0.125. The van der Waals surface area contributed by atoms with Gasteiger partial charge in [-0.05, 0) is 33.6 Å². The summed E-state index contributed by atoms with van der Waals surface area (Å²) in [4.78, 5) is 18.7. The number of nitrogens with zero attached hydrogens (tertiary/aromatic N) is 2. The molecule has 100 valence electrons. The first-order chi connectivity index (χ1) is 8.46. The van der Waals surface area contributed by atoms with Crippen molar-refractivity contribution in [2.75, 3.05) is 18.6 Å². The predicted molar refractivity (Wildman–Crippen MR) is 73.2 cm³/mol. The van der Waals surface area contributed by atoms with Crippen LogP contribution in [0.25, 0.3) is 0 Å². The van der Waals surface area contributed by atoms with Gasteiger partial charge in [0.25, 0.3) is 0 Å². The van der Waals surface area contributed by atoms with E-state index in [1.54, 1.807) is 11.3 Å². The highest BCUT2D eigenvalue weighted by Gasteiger charge is 2.34. The van der Waals surface area contributed by atoms with E-state index in [0.29, 0.717) is 6.04 Å². The second kappa shape index (κ2) is 4.88. The molecular formula is C13H20N2O2S. The van der Waals surface area contributed by atoms with E-state index in [0.717, 1.165) is 17.4 Å². The minimum absolute atomic E-state index is 0.242. The normalized spacial score (nSPS) is 20.2. The van der Waals surface area contributed by atoms with Gasteiger partial charge >= 0.3 is 5.97 Å². The van der Waals surface area contributed by atoms with Crippen molar-refractivity contribution in [2.45, 2.75) is 45.1 Å². The molecule has 0 N–H and O–H groups in total. The molecule has 0 aliphatic carbocycles. The third kappa shape index (κ3) is 2.23. The number of hydrogen-bond donors (Lipinski definition) is 0. The Bertz CT molecular complexity index is 442. The smallest absolute Gasteiger partial charge is 0.317 e. The van der Waals surface area contributed by atoms with E-state index in [1.165, 1.54) is 20.0 Å². The predicted octanol–water partition coefficient (Wildman–Crippen LogP) is 2.58. The molecule has 1 aromatic heterocycles. The van der Waals surface area contributed by atoms with Crippen LogP contribution in [0.1, 0.15) is 39.3 Å². The summed E-state index contributed by atoms with van der Waals surface area (Å²) in [6.45, 7) is 6.99. The van der Waals surface area contributed by atoms with Crippen molar-refractivity contribution < 1.29 is 9.53 Å². The van der Waals surface area contributed by atoms with Gasteiger partial charge in [0.15, 0.2) is 5.13 Å². The molecule has 5 heteroatoms. The zero-order valence-electron chi connectivity index (χ0n) is 11.4. The molecule has 1 aliphatic heterocycles. The maximum absolute atomic E-state index is 11.8. The van der Waals surface area contributed by atoms with Gasteiger partial charge in [-0.15, -0.1) is 11.3 Å². The monoisotopic (exact) mass is 268 g/mol. The lowest BCUT2D eigenvalue weighted by Gasteiger charge is -2.21. The largest absolute Gasteiger partial charge is 0.468 e. The Hall–Kier alpha value is -1.10. The molecule has 1 aromatic rings. The Morgan fingerprint density at radius 1 is 1.61 bits per heavy atom. The van der Waals surface area contributed by atoms with E-state index in [4.69, 9.17) is 4.74 Å². The van der Waals surface area contributed by atoms with Crippen molar-refractivity contribution in [2.24, 2.45) is 0 Å². The van der Waals surface area contributed by atoms with Gasteiger partial charge < -0.3 is 9.64 Å². The molecule has 1 aliphatic rings. The summed E-state index contributed by atoms with van der Waals surface area (Å²) >= 11 is 1.61. The van der Waals surface area contributed by atoms with E-state index in [2.05, 4.69) is 16.8 Å². The van der Waals surface area contributed by atoms with Crippen LogP contribution in [-0.2, 0) is 14.9 Å². The van der Waals surface area contributed by atoms with Gasteiger partial charge in [-0.25, -0.2) is 4.98 Å². The molecule has 2 rings (SSSR count). The molecule has 0 bridgehead atoms. The average Bonchev–Trinajstić information content (AvgIpc) is 2.95. The lowest BCUT2D eigenvalue weighted by molar-refractivity contribution is -0.146. The van der Waals surface area contributed by atoms with Gasteiger partial charge in [-0.3, -0.25) is 4.79 Å². The number of esters is 1. The summed E-state index contributed by atoms with van der Waals surface area (Å²) in [5, 5.41) is 2.99. The fraction of sp³-hybridized carbons (Fsp3) is 0.692. The molecule has 0 saturated carbocycles. The SMILES string of the molecule is COC(=O)C(C)(C)c1csc(N2CCCC2C)n1. The van der Waals surface area contributed by atoms with Crippen molar-refractivity contribution in [1.82, 2.24) is 4.98 Å². The van der Waals surface area contributed by atoms with Crippen LogP contribution in [0.5, 0.6) is 0 Å². The summed E-state index contributed by atoms with van der Waals surface area (Å²) in [6.07, 6.45) is 2.44. The minimum Gasteiger partial charge on any atom is -0.468 e. The van der Waals surface area contributed by atoms with Crippen LogP contribution in [0.15, 0.2) is 5.38 Å². The van der Waals surface area contributed by atoms with Crippen LogP contribution in [0.3, 0.4) is 0 Å². The van der Waals surface area contributed by atoms with E-state index in [-0.39, 0.29) is 5.97 Å². The van der Waals surface area contributed by atoms with Gasteiger partial charge in [0.2, 0.25) is 0 Å². The maximum Gasteiger partial charge on any atom is 0.317 e. The first-order valence-corrected chi connectivity index (χ1v) is 7.16. The molecule has 18 heavy (non-hydrogen) atoms. The molecule has 1 atom stereocenters. The van der Waals surface area contributed by atoms with Crippen molar-refractivity contribution in [3.63, 3.8) is 0 Å². The maximum atomic E-state index is 11.8. The van der Waals surface area contributed by atoms with Gasteiger partial charge in [0, 0.05) is 18.0 Å². The molecule has 4 nitrogen and oxygen atoms in total. The molecular weight excluding hydrogens is 248 g/mol. The highest BCUT2D eigenvalue weighted by molar-refractivity contribution is 7.13. The number of carbonyl (C=O) groups excluding carboxylic acids is 1. The number of anilines is 1. The van der Waals surface area contributed by atoms with Crippen LogP contribution in [0, 0.1) is 0 Å². The van der Waals surface area contributed by atoms with Crippen molar-refractivity contribution in [3.8, 4) is 0 Å². The quantitative estimate of drug-likeness (QED) is 0.790. The zero-order chi connectivity index (χ0) is 13.3. The Morgan fingerprint density at radius 2 is 2.33 bits per heavy atom. The summed E-state index contributed by atoms with van der Waals surface area (Å²) in [6, 6.07) is 0.547. The van der Waals surface area contributed by atoms with Gasteiger partial charge in [0.1, 0.15) is 5.41 Å². The number of rotatable bonds is 3. The summed E-state index contributed by atoms with van der Waals surface area (Å²) in [5.74, 6) is -0.242. The van der Waals surface area contributed by atoms with E-state index < -0.39 is 5.41 Å². The van der Waals surface area contributed by atoms with Gasteiger partial charge in [-0.1, -0.05) is 0 Å². The number of carbonyl (C=O) groups is 1. The number of aromatic nitrogens is 1. The highest BCUT2D eigenvalue weighted by Crippen LogP contribution is 2.33. The Labute approximate surface area is 112 Å². The van der Waals surface area contributed by atoms with E-state index in [1.807, 2.05) is 19.2 Å². The van der Waals surface area contributed by atoms with Crippen molar-refractivity contribution in [1.29, 1.82) is 0 Å². The van der Waals surface area contributed by atoms with Crippen LogP contribution in [0.2, 0.25) is 0 Å². The second-order valence-electron chi connectivity index (χ2n) is 5.32. The zero-order valence-corrected chi connectivity index (χ0v) is 12.2. The molecule has 0 spiro atoms. The molecule has 1 fully saturated rings.